The molecule has 0 spiro atoms. The second-order valence-corrected chi connectivity index (χ2v) is 5.28. The van der Waals surface area contributed by atoms with Crippen molar-refractivity contribution in [2.24, 2.45) is 0 Å². The Morgan fingerprint density at radius 3 is 2.30 bits per heavy atom. The monoisotopic (exact) mass is 294 g/mol. The van der Waals surface area contributed by atoms with Crippen LogP contribution in [0.1, 0.15) is 27.1 Å². The van der Waals surface area contributed by atoms with Gasteiger partial charge in [-0.25, -0.2) is 5.48 Å². The molecule has 2 N–H and O–H groups in total. The highest BCUT2D eigenvalue weighted by atomic mass is 32.2. The summed E-state index contributed by atoms with van der Waals surface area (Å²) in [5.74, 6) is -1.17. The first-order valence-electron chi connectivity index (χ1n) is 6.01. The third-order valence-corrected chi connectivity index (χ3v) is 3.79. The lowest BCUT2D eigenvalue weighted by atomic mass is 10.1. The highest BCUT2D eigenvalue weighted by Crippen LogP contribution is 2.26. The number of nitrogens with zero attached hydrogens (tertiary/aromatic N) is 1. The molecular weight excluding hydrogens is 280 g/mol. The molecule has 0 aliphatic carbocycles. The normalized spacial score (nSPS) is 15.2. The van der Waals surface area contributed by atoms with E-state index in [-0.39, 0.29) is 11.1 Å². The SMILES string of the molecule is CSCCC(C(=O)NO)N1C(=O)c2ccccc2C1=O. The predicted octanol–water partition coefficient (Wildman–Crippen LogP) is 0.910. The summed E-state index contributed by atoms with van der Waals surface area (Å²) in [6.07, 6.45) is 2.15. The van der Waals surface area contributed by atoms with E-state index in [4.69, 9.17) is 5.21 Å². The third-order valence-electron chi connectivity index (χ3n) is 3.15. The van der Waals surface area contributed by atoms with Crippen LogP contribution in [0.5, 0.6) is 0 Å². The minimum Gasteiger partial charge on any atom is -0.289 e. The Labute approximate surface area is 120 Å². The average Bonchev–Trinajstić information content (AvgIpc) is 2.73. The molecule has 7 heteroatoms. The van der Waals surface area contributed by atoms with Gasteiger partial charge in [-0.05, 0) is 30.6 Å². The molecule has 6 nitrogen and oxygen atoms in total. The summed E-state index contributed by atoms with van der Waals surface area (Å²) < 4.78 is 0. The molecule has 1 unspecified atom stereocenters. The number of benzene rings is 1. The minimum absolute atomic E-state index is 0.289. The van der Waals surface area contributed by atoms with E-state index in [1.807, 2.05) is 6.26 Å². The highest BCUT2D eigenvalue weighted by Gasteiger charge is 2.42. The Kier molecular flexibility index (Phi) is 4.41. The van der Waals surface area contributed by atoms with Gasteiger partial charge in [-0.3, -0.25) is 24.5 Å². The van der Waals surface area contributed by atoms with Crippen molar-refractivity contribution < 1.29 is 19.6 Å². The molecule has 1 aliphatic heterocycles. The van der Waals surface area contributed by atoms with Crippen molar-refractivity contribution in [2.75, 3.05) is 12.0 Å². The molecular formula is C13H14N2O4S. The number of hydrogen-bond acceptors (Lipinski definition) is 5. The van der Waals surface area contributed by atoms with Crippen molar-refractivity contribution >= 4 is 29.5 Å². The van der Waals surface area contributed by atoms with Crippen LogP contribution in [-0.4, -0.2) is 45.9 Å². The van der Waals surface area contributed by atoms with Crippen LogP contribution in [0.3, 0.4) is 0 Å². The largest absolute Gasteiger partial charge is 0.289 e. The highest BCUT2D eigenvalue weighted by molar-refractivity contribution is 7.98. The van der Waals surface area contributed by atoms with E-state index in [1.54, 1.807) is 24.3 Å². The number of thioether (sulfide) groups is 1. The molecule has 2 rings (SSSR count). The van der Waals surface area contributed by atoms with E-state index in [0.717, 1.165) is 4.90 Å². The van der Waals surface area contributed by atoms with Crippen LogP contribution >= 0.6 is 11.8 Å². The molecule has 0 saturated heterocycles. The molecule has 1 aliphatic rings. The van der Waals surface area contributed by atoms with Gasteiger partial charge in [-0.1, -0.05) is 12.1 Å². The van der Waals surface area contributed by atoms with Gasteiger partial charge in [0.2, 0.25) is 0 Å². The van der Waals surface area contributed by atoms with Gasteiger partial charge in [0.25, 0.3) is 17.7 Å². The lowest BCUT2D eigenvalue weighted by Gasteiger charge is -2.23. The lowest BCUT2D eigenvalue weighted by molar-refractivity contribution is -0.133. The fourth-order valence-corrected chi connectivity index (χ4v) is 2.63. The maximum atomic E-state index is 12.3. The van der Waals surface area contributed by atoms with Crippen LogP contribution < -0.4 is 5.48 Å². The van der Waals surface area contributed by atoms with Crippen LogP contribution in [0.25, 0.3) is 0 Å². The van der Waals surface area contributed by atoms with Gasteiger partial charge in [0.15, 0.2) is 0 Å². The Morgan fingerprint density at radius 2 is 1.85 bits per heavy atom. The predicted molar refractivity (Wildman–Crippen MR) is 73.7 cm³/mol. The summed E-state index contributed by atoms with van der Waals surface area (Å²) in [6.45, 7) is 0. The molecule has 0 aromatic heterocycles. The number of amides is 3. The Bertz CT molecular complexity index is 526. The first kappa shape index (κ1) is 14.5. The molecule has 3 amide bonds. The van der Waals surface area contributed by atoms with Crippen LogP contribution in [0.2, 0.25) is 0 Å². The molecule has 20 heavy (non-hydrogen) atoms. The fourth-order valence-electron chi connectivity index (χ4n) is 2.17. The number of nitrogens with one attached hydrogen (secondary N) is 1. The maximum Gasteiger partial charge on any atom is 0.266 e. The number of fused-ring (bicyclic) bond motifs is 1. The van der Waals surface area contributed by atoms with Crippen molar-refractivity contribution in [3.8, 4) is 0 Å². The summed E-state index contributed by atoms with van der Waals surface area (Å²) in [7, 11) is 0. The first-order valence-corrected chi connectivity index (χ1v) is 7.41. The van der Waals surface area contributed by atoms with Gasteiger partial charge >= 0.3 is 0 Å². The van der Waals surface area contributed by atoms with Gasteiger partial charge in [0, 0.05) is 0 Å². The summed E-state index contributed by atoms with van der Waals surface area (Å²) in [4.78, 5) is 37.2. The van der Waals surface area contributed by atoms with Gasteiger partial charge < -0.3 is 0 Å². The molecule has 106 valence electrons. The standard InChI is InChI=1S/C13H14N2O4S/c1-20-7-6-10(11(16)14-19)15-12(17)8-4-2-3-5-9(8)13(15)18/h2-5,10,19H,6-7H2,1H3,(H,14,16). The van der Waals surface area contributed by atoms with E-state index in [2.05, 4.69) is 0 Å². The van der Waals surface area contributed by atoms with Crippen molar-refractivity contribution in [1.29, 1.82) is 0 Å². The van der Waals surface area contributed by atoms with Gasteiger partial charge in [-0.2, -0.15) is 11.8 Å². The van der Waals surface area contributed by atoms with Crippen LogP contribution in [0, 0.1) is 0 Å². The molecule has 0 bridgehead atoms. The quantitative estimate of drug-likeness (QED) is 0.479. The fraction of sp³-hybridized carbons (Fsp3) is 0.308. The van der Waals surface area contributed by atoms with Gasteiger partial charge in [0.1, 0.15) is 6.04 Å². The van der Waals surface area contributed by atoms with Crippen molar-refractivity contribution in [3.05, 3.63) is 35.4 Å². The van der Waals surface area contributed by atoms with E-state index >= 15 is 0 Å². The Balaban J connectivity index is 2.34. The Morgan fingerprint density at radius 1 is 1.30 bits per heavy atom. The van der Waals surface area contributed by atoms with Gasteiger partial charge in [0.05, 0.1) is 11.1 Å². The summed E-state index contributed by atoms with van der Waals surface area (Å²) >= 11 is 1.49. The molecule has 0 fully saturated rings. The summed E-state index contributed by atoms with van der Waals surface area (Å²) in [5, 5.41) is 8.80. The summed E-state index contributed by atoms with van der Waals surface area (Å²) in [5.41, 5.74) is 2.10. The molecule has 1 atom stereocenters. The first-order chi connectivity index (χ1) is 9.61. The maximum absolute atomic E-state index is 12.3. The number of rotatable bonds is 5. The zero-order valence-electron chi connectivity index (χ0n) is 10.8. The number of hydroxylamine groups is 1. The molecule has 1 heterocycles. The van der Waals surface area contributed by atoms with Crippen LogP contribution in [-0.2, 0) is 4.79 Å². The van der Waals surface area contributed by atoms with Gasteiger partial charge in [-0.15, -0.1) is 0 Å². The zero-order valence-corrected chi connectivity index (χ0v) is 11.6. The molecule has 1 aromatic rings. The number of carbonyl (C=O) groups excluding carboxylic acids is 3. The summed E-state index contributed by atoms with van der Waals surface area (Å²) in [6, 6.07) is 5.43. The average molecular weight is 294 g/mol. The van der Waals surface area contributed by atoms with Crippen molar-refractivity contribution in [3.63, 3.8) is 0 Å². The smallest absolute Gasteiger partial charge is 0.266 e. The zero-order chi connectivity index (χ0) is 14.7. The number of hydrogen-bond donors (Lipinski definition) is 2. The van der Waals surface area contributed by atoms with E-state index in [9.17, 15) is 14.4 Å². The molecule has 0 saturated carbocycles. The molecule has 0 radical (unpaired) electrons. The Hall–Kier alpha value is -1.86. The lowest BCUT2D eigenvalue weighted by Crippen LogP contribution is -2.49. The minimum atomic E-state index is -1.00. The molecule has 1 aromatic carbocycles. The number of imide groups is 1. The van der Waals surface area contributed by atoms with E-state index in [0.29, 0.717) is 12.2 Å². The van der Waals surface area contributed by atoms with Crippen molar-refractivity contribution in [1.82, 2.24) is 10.4 Å². The second-order valence-electron chi connectivity index (χ2n) is 4.30. The van der Waals surface area contributed by atoms with Crippen LogP contribution in [0.4, 0.5) is 0 Å². The van der Waals surface area contributed by atoms with E-state index < -0.39 is 23.8 Å². The topological polar surface area (TPSA) is 86.7 Å². The second kappa shape index (κ2) is 6.06. The van der Waals surface area contributed by atoms with Crippen molar-refractivity contribution in [2.45, 2.75) is 12.5 Å². The number of carbonyl (C=O) groups is 3. The van der Waals surface area contributed by atoms with E-state index in [1.165, 1.54) is 17.2 Å². The third kappa shape index (κ3) is 2.41. The van der Waals surface area contributed by atoms with Crippen LogP contribution in [0.15, 0.2) is 24.3 Å².